The van der Waals surface area contributed by atoms with Gasteiger partial charge in [0.25, 0.3) is 0 Å². The van der Waals surface area contributed by atoms with E-state index in [9.17, 15) is 4.79 Å². The molecule has 3 heteroatoms. The van der Waals surface area contributed by atoms with Crippen LogP contribution in [0.15, 0.2) is 0 Å². The molecule has 1 aliphatic rings. The van der Waals surface area contributed by atoms with E-state index in [1.54, 1.807) is 4.90 Å². The molecule has 0 spiro atoms. The van der Waals surface area contributed by atoms with Gasteiger partial charge in [-0.3, -0.25) is 4.79 Å². The second kappa shape index (κ2) is 3.66. The maximum absolute atomic E-state index is 10.8. The molecular formula is C10H19NO2. The van der Waals surface area contributed by atoms with E-state index in [1.807, 2.05) is 0 Å². The van der Waals surface area contributed by atoms with Gasteiger partial charge in [-0.25, -0.2) is 0 Å². The topological polar surface area (TPSA) is 40.5 Å². The number of carbonyl (C=O) groups is 1. The lowest BCUT2D eigenvalue weighted by Gasteiger charge is -2.28. The van der Waals surface area contributed by atoms with Crippen LogP contribution in [-0.2, 0) is 4.79 Å². The van der Waals surface area contributed by atoms with Crippen LogP contribution in [0, 0.1) is 11.8 Å². The molecule has 1 aliphatic carbocycles. The van der Waals surface area contributed by atoms with E-state index < -0.39 is 0 Å². The van der Waals surface area contributed by atoms with E-state index in [1.165, 1.54) is 0 Å². The molecule has 0 aromatic heterocycles. The number of β-amino-alcohol motifs (C(OH)–C–C–N with tert-alkyl or cyclic N) is 1. The Morgan fingerprint density at radius 2 is 2.00 bits per heavy atom. The number of nitrogens with zero attached hydrogens (tertiary/aromatic N) is 1. The monoisotopic (exact) mass is 185 g/mol. The second-order valence-corrected chi connectivity index (χ2v) is 3.94. The molecule has 0 radical (unpaired) electrons. The first-order chi connectivity index (χ1) is 6.15. The number of aliphatic hydroxyl groups excluding tert-OH is 1. The standard InChI is InChI=1S/C10H19NO2/c1-4-10(8(2)9(10)3)11(7-13)5-6-12/h7-9,12H,4-6H2,1-3H3. The van der Waals surface area contributed by atoms with Gasteiger partial charge < -0.3 is 10.0 Å². The van der Waals surface area contributed by atoms with E-state index in [2.05, 4.69) is 20.8 Å². The van der Waals surface area contributed by atoms with Crippen LogP contribution in [0.5, 0.6) is 0 Å². The number of carbonyl (C=O) groups excluding carboxylic acids is 1. The van der Waals surface area contributed by atoms with Crippen molar-refractivity contribution in [2.24, 2.45) is 11.8 Å². The van der Waals surface area contributed by atoms with Crippen LogP contribution in [0.2, 0.25) is 0 Å². The van der Waals surface area contributed by atoms with Gasteiger partial charge in [0.1, 0.15) is 0 Å². The fourth-order valence-corrected chi connectivity index (χ4v) is 2.68. The summed E-state index contributed by atoms with van der Waals surface area (Å²) in [5.41, 5.74) is 0.0322. The Balaban J connectivity index is 2.71. The lowest BCUT2D eigenvalue weighted by Crippen LogP contribution is -2.40. The highest BCUT2D eigenvalue weighted by Gasteiger charge is 2.61. The van der Waals surface area contributed by atoms with Crippen LogP contribution < -0.4 is 0 Å². The third-order valence-electron chi connectivity index (χ3n) is 3.79. The minimum atomic E-state index is 0.0322. The molecule has 1 fully saturated rings. The van der Waals surface area contributed by atoms with Crippen molar-refractivity contribution in [2.75, 3.05) is 13.2 Å². The minimum Gasteiger partial charge on any atom is -0.395 e. The van der Waals surface area contributed by atoms with Crippen molar-refractivity contribution in [2.45, 2.75) is 32.7 Å². The van der Waals surface area contributed by atoms with Gasteiger partial charge in [0.05, 0.1) is 6.61 Å². The van der Waals surface area contributed by atoms with Crippen LogP contribution in [0.4, 0.5) is 0 Å². The van der Waals surface area contributed by atoms with Crippen LogP contribution in [0.1, 0.15) is 27.2 Å². The molecule has 76 valence electrons. The highest BCUT2D eigenvalue weighted by molar-refractivity contribution is 5.51. The molecule has 0 heterocycles. The molecule has 0 aromatic rings. The summed E-state index contributed by atoms with van der Waals surface area (Å²) in [7, 11) is 0. The third-order valence-corrected chi connectivity index (χ3v) is 3.79. The highest BCUT2D eigenvalue weighted by Crippen LogP contribution is 2.55. The van der Waals surface area contributed by atoms with E-state index in [0.29, 0.717) is 18.4 Å². The maximum atomic E-state index is 10.8. The Morgan fingerprint density at radius 1 is 1.46 bits per heavy atom. The largest absolute Gasteiger partial charge is 0.395 e. The summed E-state index contributed by atoms with van der Waals surface area (Å²) in [4.78, 5) is 12.6. The maximum Gasteiger partial charge on any atom is 0.210 e. The molecule has 0 saturated heterocycles. The molecule has 1 saturated carbocycles. The van der Waals surface area contributed by atoms with Crippen LogP contribution in [-0.4, -0.2) is 35.1 Å². The van der Waals surface area contributed by atoms with Gasteiger partial charge in [0.2, 0.25) is 6.41 Å². The molecule has 1 amide bonds. The molecule has 0 aromatic carbocycles. The highest BCUT2D eigenvalue weighted by atomic mass is 16.3. The Bertz CT molecular complexity index is 185. The average molecular weight is 185 g/mol. The van der Waals surface area contributed by atoms with Crippen molar-refractivity contribution >= 4 is 6.41 Å². The first kappa shape index (κ1) is 10.5. The zero-order valence-electron chi connectivity index (χ0n) is 8.66. The summed E-state index contributed by atoms with van der Waals surface area (Å²) < 4.78 is 0. The smallest absolute Gasteiger partial charge is 0.210 e. The van der Waals surface area contributed by atoms with Gasteiger partial charge in [-0.15, -0.1) is 0 Å². The summed E-state index contributed by atoms with van der Waals surface area (Å²) in [6, 6.07) is 0. The molecule has 0 aliphatic heterocycles. The summed E-state index contributed by atoms with van der Waals surface area (Å²) >= 11 is 0. The van der Waals surface area contributed by atoms with Crippen LogP contribution in [0.25, 0.3) is 0 Å². The summed E-state index contributed by atoms with van der Waals surface area (Å²) in [5.74, 6) is 1.13. The first-order valence-corrected chi connectivity index (χ1v) is 4.98. The number of amides is 1. The number of aliphatic hydroxyl groups is 1. The van der Waals surface area contributed by atoms with Gasteiger partial charge in [-0.2, -0.15) is 0 Å². The Kier molecular flexibility index (Phi) is 2.96. The lowest BCUT2D eigenvalue weighted by atomic mass is 10.1. The second-order valence-electron chi connectivity index (χ2n) is 3.94. The Hall–Kier alpha value is -0.570. The van der Waals surface area contributed by atoms with Gasteiger partial charge in [0.15, 0.2) is 0 Å². The number of rotatable bonds is 5. The predicted octanol–water partition coefficient (Wildman–Crippen LogP) is 0.872. The predicted molar refractivity (Wildman–Crippen MR) is 51.2 cm³/mol. The number of hydrogen-bond acceptors (Lipinski definition) is 2. The van der Waals surface area contributed by atoms with Crippen LogP contribution in [0.3, 0.4) is 0 Å². The minimum absolute atomic E-state index is 0.0322. The molecule has 0 bridgehead atoms. The van der Waals surface area contributed by atoms with Crippen molar-refractivity contribution in [1.29, 1.82) is 0 Å². The zero-order valence-corrected chi connectivity index (χ0v) is 8.66. The Labute approximate surface area is 79.7 Å². The van der Waals surface area contributed by atoms with Crippen molar-refractivity contribution < 1.29 is 9.90 Å². The lowest BCUT2D eigenvalue weighted by molar-refractivity contribution is -0.122. The third kappa shape index (κ3) is 1.35. The van der Waals surface area contributed by atoms with E-state index >= 15 is 0 Å². The number of hydrogen-bond donors (Lipinski definition) is 1. The van der Waals surface area contributed by atoms with E-state index in [-0.39, 0.29) is 12.1 Å². The molecule has 1 rings (SSSR count). The Morgan fingerprint density at radius 3 is 2.23 bits per heavy atom. The fraction of sp³-hybridized carbons (Fsp3) is 0.900. The summed E-state index contributed by atoms with van der Waals surface area (Å²) in [6.07, 6.45) is 1.85. The molecule has 3 nitrogen and oxygen atoms in total. The summed E-state index contributed by atoms with van der Waals surface area (Å²) in [5, 5.41) is 8.83. The zero-order chi connectivity index (χ0) is 10.1. The quantitative estimate of drug-likeness (QED) is 0.646. The molecule has 2 unspecified atom stereocenters. The van der Waals surface area contributed by atoms with Gasteiger partial charge in [0, 0.05) is 12.1 Å². The van der Waals surface area contributed by atoms with Crippen molar-refractivity contribution in [3.63, 3.8) is 0 Å². The van der Waals surface area contributed by atoms with E-state index in [0.717, 1.165) is 12.8 Å². The van der Waals surface area contributed by atoms with Crippen molar-refractivity contribution in [3.8, 4) is 0 Å². The average Bonchev–Trinajstić information content (AvgIpc) is 2.67. The van der Waals surface area contributed by atoms with E-state index in [4.69, 9.17) is 5.11 Å². The molecule has 1 N–H and O–H groups in total. The van der Waals surface area contributed by atoms with Crippen molar-refractivity contribution in [3.05, 3.63) is 0 Å². The van der Waals surface area contributed by atoms with Crippen LogP contribution >= 0.6 is 0 Å². The normalized spacial score (nSPS) is 37.2. The SMILES string of the molecule is CCC1(N(C=O)CCO)C(C)C1C. The summed E-state index contributed by atoms with van der Waals surface area (Å²) in [6.45, 7) is 6.96. The molecular weight excluding hydrogens is 166 g/mol. The molecule has 13 heavy (non-hydrogen) atoms. The van der Waals surface area contributed by atoms with Gasteiger partial charge in [-0.1, -0.05) is 20.8 Å². The van der Waals surface area contributed by atoms with Crippen molar-refractivity contribution in [1.82, 2.24) is 4.90 Å². The van der Waals surface area contributed by atoms with Gasteiger partial charge >= 0.3 is 0 Å². The first-order valence-electron chi connectivity index (χ1n) is 4.98. The molecule has 2 atom stereocenters. The van der Waals surface area contributed by atoms with Gasteiger partial charge in [-0.05, 0) is 18.3 Å². The fourth-order valence-electron chi connectivity index (χ4n) is 2.68.